The molecule has 0 aliphatic carbocycles. The molecule has 1 saturated heterocycles. The van der Waals surface area contributed by atoms with E-state index in [0.717, 1.165) is 42.5 Å². The Morgan fingerprint density at radius 3 is 2.90 bits per heavy atom. The van der Waals surface area contributed by atoms with Crippen molar-refractivity contribution in [3.05, 3.63) is 75.0 Å². The summed E-state index contributed by atoms with van der Waals surface area (Å²) in [6.07, 6.45) is 3.09. The Kier molecular flexibility index (Phi) is 6.90. The molecule has 0 saturated carbocycles. The standard InChI is InChI=1S/C24H26ClN3O2S/c1-2-16-8-9-22-17(11-16)12-18(23(29)27-22)14-28(15-21-7-4-10-30-21)24(31)26-20-6-3-5-19(25)13-20/h3,5-6,8-9,11-13,21H,2,4,7,10,14-15H2,1H3,(H,26,31)(H,27,29). The number of aromatic nitrogens is 1. The Labute approximate surface area is 192 Å². The van der Waals surface area contributed by atoms with Crippen molar-refractivity contribution in [3.8, 4) is 0 Å². The third kappa shape index (κ3) is 5.45. The van der Waals surface area contributed by atoms with Gasteiger partial charge in [0.1, 0.15) is 0 Å². The lowest BCUT2D eigenvalue weighted by molar-refractivity contribution is 0.0904. The molecule has 7 heteroatoms. The zero-order chi connectivity index (χ0) is 21.8. The van der Waals surface area contributed by atoms with Crippen molar-refractivity contribution >= 4 is 45.5 Å². The first-order valence-electron chi connectivity index (χ1n) is 10.6. The minimum absolute atomic E-state index is 0.0976. The number of pyridine rings is 1. The highest BCUT2D eigenvalue weighted by Gasteiger charge is 2.22. The Bertz CT molecular complexity index is 1140. The van der Waals surface area contributed by atoms with Crippen LogP contribution in [0.25, 0.3) is 10.9 Å². The molecular weight excluding hydrogens is 430 g/mol. The van der Waals surface area contributed by atoms with Gasteiger partial charge in [-0.1, -0.05) is 30.7 Å². The van der Waals surface area contributed by atoms with Gasteiger partial charge in [-0.2, -0.15) is 0 Å². The van der Waals surface area contributed by atoms with E-state index in [1.54, 1.807) is 0 Å². The second-order valence-electron chi connectivity index (χ2n) is 7.85. The normalized spacial score (nSPS) is 15.9. The van der Waals surface area contributed by atoms with Crippen LogP contribution in [0.2, 0.25) is 5.02 Å². The summed E-state index contributed by atoms with van der Waals surface area (Å²) >= 11 is 11.8. The number of aryl methyl sites for hydroxylation is 1. The van der Waals surface area contributed by atoms with Crippen LogP contribution in [0.3, 0.4) is 0 Å². The number of H-pyrrole nitrogens is 1. The maximum absolute atomic E-state index is 12.8. The number of aromatic amines is 1. The van der Waals surface area contributed by atoms with Gasteiger partial charge in [0.25, 0.3) is 5.56 Å². The van der Waals surface area contributed by atoms with Gasteiger partial charge in [0.05, 0.1) is 12.6 Å². The number of benzene rings is 2. The van der Waals surface area contributed by atoms with Crippen molar-refractivity contribution < 1.29 is 4.74 Å². The molecule has 1 fully saturated rings. The van der Waals surface area contributed by atoms with Crippen molar-refractivity contribution in [1.29, 1.82) is 0 Å². The highest BCUT2D eigenvalue weighted by molar-refractivity contribution is 7.80. The summed E-state index contributed by atoms with van der Waals surface area (Å²) in [6.45, 7) is 3.91. The maximum atomic E-state index is 12.8. The van der Waals surface area contributed by atoms with Crippen LogP contribution in [0.4, 0.5) is 5.69 Å². The van der Waals surface area contributed by atoms with E-state index in [2.05, 4.69) is 23.3 Å². The van der Waals surface area contributed by atoms with Crippen LogP contribution in [0.1, 0.15) is 30.9 Å². The molecule has 2 heterocycles. The average Bonchev–Trinajstić information content (AvgIpc) is 3.26. The number of nitrogens with one attached hydrogen (secondary N) is 2. The van der Waals surface area contributed by atoms with Crippen molar-refractivity contribution in [2.45, 2.75) is 38.8 Å². The Morgan fingerprint density at radius 2 is 2.16 bits per heavy atom. The molecule has 1 aliphatic heterocycles. The molecule has 2 aromatic carbocycles. The summed E-state index contributed by atoms with van der Waals surface area (Å²) in [5.74, 6) is 0. The molecule has 1 unspecified atom stereocenters. The molecule has 4 rings (SSSR count). The molecule has 162 valence electrons. The lowest BCUT2D eigenvalue weighted by atomic mass is 10.1. The molecule has 1 aliphatic rings. The van der Waals surface area contributed by atoms with Crippen LogP contribution in [-0.4, -0.2) is 34.3 Å². The number of ether oxygens (including phenoxy) is 1. The molecule has 2 N–H and O–H groups in total. The van der Waals surface area contributed by atoms with Gasteiger partial charge in [-0.15, -0.1) is 0 Å². The summed E-state index contributed by atoms with van der Waals surface area (Å²) in [5.41, 5.74) is 3.47. The zero-order valence-electron chi connectivity index (χ0n) is 17.5. The quantitative estimate of drug-likeness (QED) is 0.505. The Morgan fingerprint density at radius 1 is 1.29 bits per heavy atom. The number of anilines is 1. The summed E-state index contributed by atoms with van der Waals surface area (Å²) in [7, 11) is 0. The number of rotatable bonds is 6. The van der Waals surface area contributed by atoms with E-state index < -0.39 is 0 Å². The topological polar surface area (TPSA) is 57.4 Å². The third-order valence-electron chi connectivity index (χ3n) is 5.57. The second-order valence-corrected chi connectivity index (χ2v) is 8.68. The zero-order valence-corrected chi connectivity index (χ0v) is 19.1. The van der Waals surface area contributed by atoms with E-state index in [1.807, 2.05) is 47.4 Å². The van der Waals surface area contributed by atoms with Crippen LogP contribution >= 0.6 is 23.8 Å². The van der Waals surface area contributed by atoms with E-state index in [9.17, 15) is 4.79 Å². The van der Waals surface area contributed by atoms with Crippen LogP contribution in [-0.2, 0) is 17.7 Å². The summed E-state index contributed by atoms with van der Waals surface area (Å²) in [4.78, 5) is 17.8. The van der Waals surface area contributed by atoms with Crippen molar-refractivity contribution in [3.63, 3.8) is 0 Å². The number of halogens is 1. The summed E-state index contributed by atoms with van der Waals surface area (Å²) < 4.78 is 5.84. The average molecular weight is 456 g/mol. The predicted octanol–water partition coefficient (Wildman–Crippen LogP) is 5.12. The summed E-state index contributed by atoms with van der Waals surface area (Å²) in [5, 5.41) is 5.46. The second kappa shape index (κ2) is 9.81. The third-order valence-corrected chi connectivity index (χ3v) is 6.16. The molecular formula is C24H26ClN3O2S. The monoisotopic (exact) mass is 455 g/mol. The van der Waals surface area contributed by atoms with Gasteiger partial charge in [0.15, 0.2) is 5.11 Å². The van der Waals surface area contributed by atoms with E-state index in [0.29, 0.717) is 28.8 Å². The first-order chi connectivity index (χ1) is 15.0. The SMILES string of the molecule is CCc1ccc2[nH]c(=O)c(CN(CC3CCCO3)C(=S)Nc3cccc(Cl)c3)cc2c1. The molecule has 0 amide bonds. The molecule has 5 nitrogen and oxygen atoms in total. The van der Waals surface area contributed by atoms with Gasteiger partial charge >= 0.3 is 0 Å². The highest BCUT2D eigenvalue weighted by atomic mass is 35.5. The van der Waals surface area contributed by atoms with E-state index in [-0.39, 0.29) is 11.7 Å². The Balaban J connectivity index is 1.61. The van der Waals surface area contributed by atoms with Gasteiger partial charge < -0.3 is 19.9 Å². The van der Waals surface area contributed by atoms with Gasteiger partial charge in [0.2, 0.25) is 0 Å². The van der Waals surface area contributed by atoms with E-state index >= 15 is 0 Å². The van der Waals surface area contributed by atoms with Gasteiger partial charge in [-0.05, 0) is 78.8 Å². The van der Waals surface area contributed by atoms with Crippen LogP contribution in [0.5, 0.6) is 0 Å². The summed E-state index contributed by atoms with van der Waals surface area (Å²) in [6, 6.07) is 15.5. The maximum Gasteiger partial charge on any atom is 0.253 e. The molecule has 0 spiro atoms. The lowest BCUT2D eigenvalue weighted by Gasteiger charge is -2.28. The van der Waals surface area contributed by atoms with Gasteiger partial charge in [-0.25, -0.2) is 0 Å². The number of fused-ring (bicyclic) bond motifs is 1. The first kappa shape index (κ1) is 21.8. The van der Waals surface area contributed by atoms with Crippen molar-refractivity contribution in [1.82, 2.24) is 9.88 Å². The fraction of sp³-hybridized carbons (Fsp3) is 0.333. The predicted molar refractivity (Wildman–Crippen MR) is 131 cm³/mol. The molecule has 3 aromatic rings. The van der Waals surface area contributed by atoms with Gasteiger partial charge in [0, 0.05) is 34.9 Å². The fourth-order valence-electron chi connectivity index (χ4n) is 3.87. The lowest BCUT2D eigenvalue weighted by Crippen LogP contribution is -2.40. The number of nitrogens with zero attached hydrogens (tertiary/aromatic N) is 1. The minimum Gasteiger partial charge on any atom is -0.376 e. The van der Waals surface area contributed by atoms with Crippen molar-refractivity contribution in [2.75, 3.05) is 18.5 Å². The number of hydrogen-bond donors (Lipinski definition) is 2. The van der Waals surface area contributed by atoms with Crippen LogP contribution < -0.4 is 10.9 Å². The van der Waals surface area contributed by atoms with Crippen LogP contribution in [0.15, 0.2) is 53.3 Å². The molecule has 0 bridgehead atoms. The first-order valence-corrected chi connectivity index (χ1v) is 11.4. The van der Waals surface area contributed by atoms with Gasteiger partial charge in [-0.3, -0.25) is 4.79 Å². The van der Waals surface area contributed by atoms with E-state index in [1.165, 1.54) is 5.56 Å². The molecule has 0 radical (unpaired) electrons. The smallest absolute Gasteiger partial charge is 0.253 e. The minimum atomic E-state index is -0.0976. The number of thiocarbonyl (C=S) groups is 1. The molecule has 31 heavy (non-hydrogen) atoms. The molecule has 1 atom stereocenters. The highest BCUT2D eigenvalue weighted by Crippen LogP contribution is 2.20. The van der Waals surface area contributed by atoms with Crippen molar-refractivity contribution in [2.24, 2.45) is 0 Å². The number of hydrogen-bond acceptors (Lipinski definition) is 3. The fourth-order valence-corrected chi connectivity index (χ4v) is 4.31. The molecule has 1 aromatic heterocycles. The van der Waals surface area contributed by atoms with E-state index in [4.69, 9.17) is 28.6 Å². The Hall–Kier alpha value is -2.41. The van der Waals surface area contributed by atoms with Crippen LogP contribution in [0, 0.1) is 0 Å². The largest absolute Gasteiger partial charge is 0.376 e.